The Morgan fingerprint density at radius 2 is 1.81 bits per heavy atom. The lowest BCUT2D eigenvalue weighted by Crippen LogP contribution is -2.46. The molecular formula is C20H20O5S. The highest BCUT2D eigenvalue weighted by atomic mass is 32.1. The molecule has 0 amide bonds. The summed E-state index contributed by atoms with van der Waals surface area (Å²) in [4.78, 5) is 26.2. The summed E-state index contributed by atoms with van der Waals surface area (Å²) in [5.74, 6) is -1.29. The first-order valence-corrected chi connectivity index (χ1v) is 9.08. The Morgan fingerprint density at radius 3 is 2.38 bits per heavy atom. The van der Waals surface area contributed by atoms with Gasteiger partial charge >= 0.3 is 11.9 Å². The molecule has 1 aromatic carbocycles. The van der Waals surface area contributed by atoms with E-state index in [-0.39, 0.29) is 12.5 Å². The summed E-state index contributed by atoms with van der Waals surface area (Å²) in [6, 6.07) is 13.4. The molecule has 2 atom stereocenters. The summed E-state index contributed by atoms with van der Waals surface area (Å²) in [6.45, 7) is 0. The van der Waals surface area contributed by atoms with E-state index in [1.54, 1.807) is 6.08 Å². The summed E-state index contributed by atoms with van der Waals surface area (Å²) in [5, 5.41) is 1.93. The van der Waals surface area contributed by atoms with Crippen LogP contribution >= 0.6 is 11.3 Å². The topological polar surface area (TPSA) is 61.8 Å². The normalized spacial score (nSPS) is 21.6. The van der Waals surface area contributed by atoms with E-state index < -0.39 is 23.5 Å². The summed E-state index contributed by atoms with van der Waals surface area (Å²) in [6.07, 6.45) is 2.59. The van der Waals surface area contributed by atoms with E-state index in [1.807, 2.05) is 53.9 Å². The molecule has 0 spiro atoms. The Bertz CT molecular complexity index is 766. The van der Waals surface area contributed by atoms with Gasteiger partial charge in [-0.1, -0.05) is 48.6 Å². The number of carbonyl (C=O) groups is 2. The molecule has 1 saturated heterocycles. The zero-order valence-corrected chi connectivity index (χ0v) is 15.4. The van der Waals surface area contributed by atoms with Gasteiger partial charge in [0.1, 0.15) is 6.10 Å². The fourth-order valence-electron chi connectivity index (χ4n) is 3.21. The van der Waals surface area contributed by atoms with Crippen molar-refractivity contribution in [1.82, 2.24) is 0 Å². The van der Waals surface area contributed by atoms with E-state index in [0.29, 0.717) is 0 Å². The Morgan fingerprint density at radius 1 is 1.12 bits per heavy atom. The molecule has 0 N–H and O–H groups in total. The molecule has 0 unspecified atom stereocenters. The van der Waals surface area contributed by atoms with Gasteiger partial charge in [0.2, 0.25) is 0 Å². The van der Waals surface area contributed by atoms with Crippen LogP contribution in [-0.2, 0) is 23.8 Å². The van der Waals surface area contributed by atoms with Crippen LogP contribution in [0.2, 0.25) is 0 Å². The molecule has 1 aromatic heterocycles. The van der Waals surface area contributed by atoms with Crippen molar-refractivity contribution in [2.24, 2.45) is 5.41 Å². The van der Waals surface area contributed by atoms with Crippen LogP contribution in [0.5, 0.6) is 0 Å². The Balaban J connectivity index is 1.99. The van der Waals surface area contributed by atoms with Crippen molar-refractivity contribution in [3.05, 3.63) is 64.4 Å². The summed E-state index contributed by atoms with van der Waals surface area (Å²) in [7, 11) is 2.53. The predicted octanol–water partition coefficient (Wildman–Crippen LogP) is 3.62. The molecule has 0 bridgehead atoms. The first-order valence-electron chi connectivity index (χ1n) is 8.20. The van der Waals surface area contributed by atoms with Crippen LogP contribution in [-0.4, -0.2) is 32.3 Å². The van der Waals surface area contributed by atoms with Crippen molar-refractivity contribution in [2.75, 3.05) is 14.2 Å². The van der Waals surface area contributed by atoms with E-state index in [1.165, 1.54) is 25.6 Å². The zero-order chi connectivity index (χ0) is 18.6. The van der Waals surface area contributed by atoms with E-state index in [4.69, 9.17) is 14.2 Å². The lowest BCUT2D eigenvalue weighted by molar-refractivity contribution is -0.171. The van der Waals surface area contributed by atoms with Crippen molar-refractivity contribution < 1.29 is 23.8 Å². The molecule has 0 radical (unpaired) electrons. The molecule has 5 nitrogen and oxygen atoms in total. The van der Waals surface area contributed by atoms with Crippen LogP contribution in [0, 0.1) is 5.41 Å². The number of rotatable bonds is 5. The monoisotopic (exact) mass is 372 g/mol. The van der Waals surface area contributed by atoms with Crippen molar-refractivity contribution in [3.8, 4) is 0 Å². The Hall–Kier alpha value is -2.44. The quantitative estimate of drug-likeness (QED) is 0.592. The number of ether oxygens (including phenoxy) is 3. The number of carbonyl (C=O) groups excluding carboxylic acids is 2. The predicted molar refractivity (Wildman–Crippen MR) is 98.5 cm³/mol. The summed E-state index contributed by atoms with van der Waals surface area (Å²) >= 11 is 1.52. The molecular weight excluding hydrogens is 352 g/mol. The molecule has 3 rings (SSSR count). The fourth-order valence-corrected chi connectivity index (χ4v) is 3.97. The molecule has 0 aliphatic carbocycles. The number of hydrogen-bond acceptors (Lipinski definition) is 6. The highest BCUT2D eigenvalue weighted by Gasteiger charge is 2.61. The Kier molecular flexibility index (Phi) is 5.54. The molecule has 136 valence electrons. The van der Waals surface area contributed by atoms with Crippen molar-refractivity contribution in [3.63, 3.8) is 0 Å². The van der Waals surface area contributed by atoms with Crippen molar-refractivity contribution in [2.45, 2.75) is 18.6 Å². The van der Waals surface area contributed by atoms with Gasteiger partial charge in [-0.05, 0) is 17.0 Å². The first kappa shape index (κ1) is 18.4. The third-order valence-corrected chi connectivity index (χ3v) is 5.49. The second-order valence-corrected chi connectivity index (χ2v) is 6.97. The number of esters is 2. The van der Waals surface area contributed by atoms with Crippen LogP contribution in [0.3, 0.4) is 0 Å². The minimum Gasteiger partial charge on any atom is -0.468 e. The highest BCUT2D eigenvalue weighted by molar-refractivity contribution is 7.10. The van der Waals surface area contributed by atoms with Gasteiger partial charge in [-0.2, -0.15) is 0 Å². The number of benzene rings is 1. The summed E-state index contributed by atoms with van der Waals surface area (Å²) in [5.41, 5.74) is -0.581. The van der Waals surface area contributed by atoms with Crippen LogP contribution < -0.4 is 0 Å². The summed E-state index contributed by atoms with van der Waals surface area (Å²) < 4.78 is 16.0. The zero-order valence-electron chi connectivity index (χ0n) is 14.6. The van der Waals surface area contributed by atoms with Crippen LogP contribution in [0.25, 0.3) is 6.08 Å². The first-order chi connectivity index (χ1) is 12.6. The standard InChI is InChI=1S/C20H20O5S/c1-23-18(21)20(19(22)24-2)13-15(16-9-6-12-26-16)25-17(20)11-10-14-7-4-3-5-8-14/h3-12,15,17H,13H2,1-2H3/b11-10+/t15-,17-/m1/s1. The van der Waals surface area contributed by atoms with Gasteiger partial charge in [0, 0.05) is 11.3 Å². The number of thiophene rings is 1. The molecule has 6 heteroatoms. The smallest absolute Gasteiger partial charge is 0.326 e. The van der Waals surface area contributed by atoms with Gasteiger partial charge in [-0.15, -0.1) is 11.3 Å². The van der Waals surface area contributed by atoms with Gasteiger partial charge in [-0.3, -0.25) is 9.59 Å². The maximum atomic E-state index is 12.6. The van der Waals surface area contributed by atoms with Gasteiger partial charge in [0.25, 0.3) is 0 Å². The van der Waals surface area contributed by atoms with Gasteiger partial charge in [0.05, 0.1) is 20.3 Å². The molecule has 2 heterocycles. The highest BCUT2D eigenvalue weighted by Crippen LogP contribution is 2.49. The van der Waals surface area contributed by atoms with E-state index in [2.05, 4.69) is 0 Å². The maximum Gasteiger partial charge on any atom is 0.326 e. The average molecular weight is 372 g/mol. The van der Waals surface area contributed by atoms with Crippen LogP contribution in [0.4, 0.5) is 0 Å². The lowest BCUT2D eigenvalue weighted by Gasteiger charge is -2.26. The molecule has 26 heavy (non-hydrogen) atoms. The van der Waals surface area contributed by atoms with E-state index in [9.17, 15) is 9.59 Å². The minimum atomic E-state index is -1.52. The van der Waals surface area contributed by atoms with Gasteiger partial charge < -0.3 is 14.2 Å². The number of methoxy groups -OCH3 is 2. The van der Waals surface area contributed by atoms with E-state index >= 15 is 0 Å². The van der Waals surface area contributed by atoms with Crippen LogP contribution in [0.1, 0.15) is 23.0 Å². The molecule has 1 aliphatic heterocycles. The largest absolute Gasteiger partial charge is 0.468 e. The fraction of sp³-hybridized carbons (Fsp3) is 0.300. The second-order valence-electron chi connectivity index (χ2n) is 5.99. The van der Waals surface area contributed by atoms with Crippen molar-refractivity contribution >= 4 is 29.4 Å². The third kappa shape index (κ3) is 3.30. The molecule has 1 aliphatic rings. The van der Waals surface area contributed by atoms with Gasteiger partial charge in [0.15, 0.2) is 5.41 Å². The average Bonchev–Trinajstić information content (AvgIpc) is 3.34. The number of hydrogen-bond donors (Lipinski definition) is 0. The Labute approximate surface area is 156 Å². The molecule has 1 fully saturated rings. The molecule has 2 aromatic rings. The van der Waals surface area contributed by atoms with Crippen LogP contribution in [0.15, 0.2) is 53.9 Å². The third-order valence-electron chi connectivity index (χ3n) is 4.53. The molecule has 0 saturated carbocycles. The maximum absolute atomic E-state index is 12.6. The minimum absolute atomic E-state index is 0.177. The SMILES string of the molecule is COC(=O)C1(C(=O)OC)C[C@H](c2cccs2)O[C@@H]1/C=C/c1ccccc1. The second kappa shape index (κ2) is 7.85. The van der Waals surface area contributed by atoms with Gasteiger partial charge in [-0.25, -0.2) is 0 Å². The van der Waals surface area contributed by atoms with Crippen molar-refractivity contribution in [1.29, 1.82) is 0 Å². The van der Waals surface area contributed by atoms with E-state index in [0.717, 1.165) is 10.4 Å². The lowest BCUT2D eigenvalue weighted by atomic mass is 9.79.